The van der Waals surface area contributed by atoms with Gasteiger partial charge in [0.1, 0.15) is 9.20 Å². The van der Waals surface area contributed by atoms with Crippen LogP contribution in [-0.2, 0) is 14.8 Å². The van der Waals surface area contributed by atoms with Crippen molar-refractivity contribution < 1.29 is 13.2 Å². The second kappa shape index (κ2) is 5.53. The van der Waals surface area contributed by atoms with Crippen molar-refractivity contribution in [2.45, 2.75) is 18.1 Å². The van der Waals surface area contributed by atoms with E-state index in [1.165, 1.54) is 6.07 Å². The summed E-state index contributed by atoms with van der Waals surface area (Å²) in [5.74, 6) is -0.579. The molecule has 0 spiro atoms. The van der Waals surface area contributed by atoms with Crippen molar-refractivity contribution in [1.82, 2.24) is 4.72 Å². The van der Waals surface area contributed by atoms with Gasteiger partial charge in [0.25, 0.3) is 0 Å². The lowest BCUT2D eigenvalue weighted by atomic mass is 9.93. The van der Waals surface area contributed by atoms with Gasteiger partial charge >= 0.3 is 0 Å². The van der Waals surface area contributed by atoms with Crippen LogP contribution in [0.2, 0.25) is 0 Å². The summed E-state index contributed by atoms with van der Waals surface area (Å²) < 4.78 is 26.4. The minimum absolute atomic E-state index is 0.0784. The Labute approximate surface area is 121 Å². The number of primary amides is 1. The number of thiocarbonyl (C=S) groups is 1. The molecule has 1 amide bonds. The van der Waals surface area contributed by atoms with Crippen LogP contribution in [-0.4, -0.2) is 25.9 Å². The first-order valence-electron chi connectivity index (χ1n) is 5.25. The monoisotopic (exact) mass is 321 g/mol. The minimum atomic E-state index is -3.69. The zero-order chi connectivity index (χ0) is 14.8. The Hall–Kier alpha value is -1.03. The van der Waals surface area contributed by atoms with Crippen molar-refractivity contribution >= 4 is 44.5 Å². The van der Waals surface area contributed by atoms with Crippen molar-refractivity contribution in [3.63, 3.8) is 0 Å². The van der Waals surface area contributed by atoms with Crippen molar-refractivity contribution in [2.75, 3.05) is 6.54 Å². The smallest absolute Gasteiger partial charge is 0.250 e. The maximum Gasteiger partial charge on any atom is 0.250 e. The normalized spacial score (nSPS) is 12.3. The fourth-order valence-corrected chi connectivity index (χ4v) is 3.64. The third-order valence-electron chi connectivity index (χ3n) is 2.46. The van der Waals surface area contributed by atoms with E-state index in [0.29, 0.717) is 4.88 Å². The second-order valence-corrected chi connectivity index (χ2v) is 8.07. The third-order valence-corrected chi connectivity index (χ3v) is 5.82. The molecule has 1 rings (SSSR count). The van der Waals surface area contributed by atoms with Gasteiger partial charge in [0, 0.05) is 6.54 Å². The highest BCUT2D eigenvalue weighted by atomic mass is 32.2. The highest BCUT2D eigenvalue weighted by Gasteiger charge is 2.28. The molecule has 0 aliphatic carbocycles. The van der Waals surface area contributed by atoms with Crippen LogP contribution < -0.4 is 16.2 Å². The van der Waals surface area contributed by atoms with Gasteiger partial charge < -0.3 is 11.5 Å². The van der Waals surface area contributed by atoms with E-state index in [-0.39, 0.29) is 15.7 Å². The molecule has 5 N–H and O–H groups in total. The van der Waals surface area contributed by atoms with E-state index in [2.05, 4.69) is 4.72 Å². The van der Waals surface area contributed by atoms with Crippen LogP contribution in [0.1, 0.15) is 18.7 Å². The number of carbonyl (C=O) groups is 1. The molecule has 0 unspecified atom stereocenters. The van der Waals surface area contributed by atoms with E-state index in [4.69, 9.17) is 23.7 Å². The number of nitrogens with one attached hydrogen (secondary N) is 1. The average molecular weight is 321 g/mol. The quantitative estimate of drug-likeness (QED) is 0.646. The van der Waals surface area contributed by atoms with E-state index in [9.17, 15) is 13.2 Å². The number of thiophene rings is 1. The Morgan fingerprint density at radius 2 is 2.00 bits per heavy atom. The summed E-state index contributed by atoms with van der Waals surface area (Å²) in [6.07, 6.45) is 0. The van der Waals surface area contributed by atoms with Crippen LogP contribution in [0, 0.1) is 5.41 Å². The number of amides is 1. The fourth-order valence-electron chi connectivity index (χ4n) is 1.03. The highest BCUT2D eigenvalue weighted by Crippen LogP contribution is 2.22. The van der Waals surface area contributed by atoms with E-state index in [1.54, 1.807) is 19.9 Å². The summed E-state index contributed by atoms with van der Waals surface area (Å²) in [5.41, 5.74) is 9.63. The summed E-state index contributed by atoms with van der Waals surface area (Å²) >= 11 is 5.74. The van der Waals surface area contributed by atoms with Crippen LogP contribution >= 0.6 is 23.6 Å². The van der Waals surface area contributed by atoms with Crippen LogP contribution in [0.3, 0.4) is 0 Å². The van der Waals surface area contributed by atoms with Gasteiger partial charge in [0.2, 0.25) is 15.9 Å². The summed E-state index contributed by atoms with van der Waals surface area (Å²) in [6.45, 7) is 3.05. The topological polar surface area (TPSA) is 115 Å². The summed E-state index contributed by atoms with van der Waals surface area (Å²) in [5, 5.41) is 0. The Morgan fingerprint density at radius 1 is 1.42 bits per heavy atom. The molecular formula is C10H15N3O3S3. The van der Waals surface area contributed by atoms with Gasteiger partial charge in [-0.15, -0.1) is 11.3 Å². The first-order valence-corrected chi connectivity index (χ1v) is 7.96. The Kier molecular flexibility index (Phi) is 4.67. The second-order valence-electron chi connectivity index (χ2n) is 4.56. The number of carbonyl (C=O) groups excluding carboxylic acids is 1. The van der Waals surface area contributed by atoms with Gasteiger partial charge in [-0.3, -0.25) is 4.79 Å². The molecule has 0 fully saturated rings. The Bertz CT molecular complexity index is 605. The van der Waals surface area contributed by atoms with Gasteiger partial charge in [-0.25, -0.2) is 13.1 Å². The van der Waals surface area contributed by atoms with Crippen LogP contribution in [0.5, 0.6) is 0 Å². The molecule has 0 radical (unpaired) electrons. The standard InChI is InChI=1S/C10H15N3O3S3/c1-10(2,9(12)14)5-13-19(15,16)7-4-3-6(18-7)8(11)17/h3-4,13H,5H2,1-2H3,(H2,11,17)(H2,12,14). The lowest BCUT2D eigenvalue weighted by Gasteiger charge is -2.20. The average Bonchev–Trinajstić information content (AvgIpc) is 2.76. The molecular weight excluding hydrogens is 306 g/mol. The maximum absolute atomic E-state index is 12.0. The molecule has 0 atom stereocenters. The van der Waals surface area contributed by atoms with Crippen molar-refractivity contribution in [3.8, 4) is 0 Å². The zero-order valence-electron chi connectivity index (χ0n) is 10.5. The van der Waals surface area contributed by atoms with Crippen molar-refractivity contribution in [3.05, 3.63) is 17.0 Å². The molecule has 1 heterocycles. The van der Waals surface area contributed by atoms with E-state index >= 15 is 0 Å². The number of sulfonamides is 1. The molecule has 0 saturated carbocycles. The summed E-state index contributed by atoms with van der Waals surface area (Å²) in [6, 6.07) is 2.96. The van der Waals surface area contributed by atoms with Gasteiger partial charge in [0.15, 0.2) is 0 Å². The minimum Gasteiger partial charge on any atom is -0.389 e. The van der Waals surface area contributed by atoms with Gasteiger partial charge in [-0.05, 0) is 26.0 Å². The van der Waals surface area contributed by atoms with Gasteiger partial charge in [-0.1, -0.05) is 12.2 Å². The predicted molar refractivity (Wildman–Crippen MR) is 78.4 cm³/mol. The lowest BCUT2D eigenvalue weighted by molar-refractivity contribution is -0.125. The fraction of sp³-hybridized carbons (Fsp3) is 0.400. The first kappa shape index (κ1) is 16.0. The zero-order valence-corrected chi connectivity index (χ0v) is 12.9. The predicted octanol–water partition coefficient (Wildman–Crippen LogP) is 0.172. The molecule has 6 nitrogen and oxygen atoms in total. The molecule has 106 valence electrons. The van der Waals surface area contributed by atoms with Crippen LogP contribution in [0.15, 0.2) is 16.3 Å². The number of rotatable bonds is 6. The highest BCUT2D eigenvalue weighted by molar-refractivity contribution is 7.91. The molecule has 19 heavy (non-hydrogen) atoms. The number of hydrogen-bond acceptors (Lipinski definition) is 5. The summed E-state index contributed by atoms with van der Waals surface area (Å²) in [7, 11) is -3.69. The molecule has 0 aliphatic heterocycles. The van der Waals surface area contributed by atoms with Crippen LogP contribution in [0.25, 0.3) is 0 Å². The molecule has 0 aromatic carbocycles. The molecule has 9 heteroatoms. The van der Waals surface area contributed by atoms with Gasteiger partial charge in [0.05, 0.1) is 10.3 Å². The molecule has 0 aliphatic rings. The van der Waals surface area contributed by atoms with Crippen LogP contribution in [0.4, 0.5) is 0 Å². The maximum atomic E-state index is 12.0. The lowest BCUT2D eigenvalue weighted by Crippen LogP contribution is -2.42. The van der Waals surface area contributed by atoms with Crippen molar-refractivity contribution in [1.29, 1.82) is 0 Å². The van der Waals surface area contributed by atoms with Gasteiger partial charge in [-0.2, -0.15) is 0 Å². The number of hydrogen-bond donors (Lipinski definition) is 3. The largest absolute Gasteiger partial charge is 0.389 e. The molecule has 0 bridgehead atoms. The molecule has 0 saturated heterocycles. The SMILES string of the molecule is CC(C)(CNS(=O)(=O)c1ccc(C(N)=S)s1)C(N)=O. The third kappa shape index (κ3) is 3.96. The Morgan fingerprint density at radius 3 is 2.42 bits per heavy atom. The van der Waals surface area contributed by atoms with E-state index in [1.807, 2.05) is 0 Å². The van der Waals surface area contributed by atoms with Crippen molar-refractivity contribution in [2.24, 2.45) is 16.9 Å². The summed E-state index contributed by atoms with van der Waals surface area (Å²) in [4.78, 5) is 11.8. The molecule has 1 aromatic rings. The first-order chi connectivity index (χ1) is 8.56. The number of nitrogens with two attached hydrogens (primary N) is 2. The van der Waals surface area contributed by atoms with E-state index in [0.717, 1.165) is 11.3 Å². The Balaban J connectivity index is 2.87. The molecule has 1 aromatic heterocycles. The van der Waals surface area contributed by atoms with E-state index < -0.39 is 21.3 Å².